The topological polar surface area (TPSA) is 83.5 Å². The minimum absolute atomic E-state index is 0.0741. The lowest BCUT2D eigenvalue weighted by Gasteiger charge is -2.21. The maximum atomic E-state index is 13.1. The summed E-state index contributed by atoms with van der Waals surface area (Å²) in [5.74, 6) is 0. The molecule has 0 radical (unpaired) electrons. The number of halogens is 1. The summed E-state index contributed by atoms with van der Waals surface area (Å²) in [6.07, 6.45) is 3.72. The highest BCUT2D eigenvalue weighted by Crippen LogP contribution is 2.29. The van der Waals surface area contributed by atoms with Gasteiger partial charge in [0.05, 0.1) is 14.9 Å². The molecule has 1 aliphatic heterocycles. The minimum atomic E-state index is -3.82. The van der Waals surface area contributed by atoms with Gasteiger partial charge < -0.3 is 0 Å². The molecule has 0 saturated carbocycles. The van der Waals surface area contributed by atoms with E-state index in [1.807, 2.05) is 0 Å². The normalized spacial score (nSPS) is 16.8. The smallest absolute Gasteiger partial charge is 0.271 e. The predicted molar refractivity (Wildman–Crippen MR) is 109 cm³/mol. The Morgan fingerprint density at radius 2 is 1.67 bits per heavy atom. The zero-order chi connectivity index (χ0) is 19.7. The van der Waals surface area contributed by atoms with Crippen LogP contribution in [0.5, 0.6) is 0 Å². The largest absolute Gasteiger partial charge is 0.279 e. The third-order valence-corrected chi connectivity index (χ3v) is 9.58. The summed E-state index contributed by atoms with van der Waals surface area (Å²) in [4.78, 5) is 0.133. The Hall–Kier alpha value is -1.13. The number of hydrogen-bond acceptors (Lipinski definition) is 5. The molecule has 1 aliphatic rings. The first kappa shape index (κ1) is 20.6. The summed E-state index contributed by atoms with van der Waals surface area (Å²) in [5.41, 5.74) is 0.792. The summed E-state index contributed by atoms with van der Waals surface area (Å²) in [7, 11) is -7.50. The standard InChI is InChI=1S/C17H21ClN2O4S3/c1-13-6-7-14(19-26(21,22)17-9-8-16(18)25-17)12-15(13)27(23,24)20-10-4-2-3-5-11-20/h6-9,12,19H,2-5,10-11H2,1H3. The van der Waals surface area contributed by atoms with E-state index in [9.17, 15) is 16.8 Å². The highest BCUT2D eigenvalue weighted by molar-refractivity contribution is 7.94. The molecular weight excluding hydrogens is 428 g/mol. The van der Waals surface area contributed by atoms with Crippen molar-refractivity contribution in [3.8, 4) is 0 Å². The molecule has 0 spiro atoms. The van der Waals surface area contributed by atoms with Crippen LogP contribution in [-0.4, -0.2) is 34.2 Å². The van der Waals surface area contributed by atoms with Crippen LogP contribution >= 0.6 is 22.9 Å². The van der Waals surface area contributed by atoms with Gasteiger partial charge >= 0.3 is 0 Å². The number of rotatable bonds is 5. The van der Waals surface area contributed by atoms with Gasteiger partial charge in [-0.3, -0.25) is 4.72 Å². The van der Waals surface area contributed by atoms with E-state index in [0.717, 1.165) is 37.0 Å². The average Bonchev–Trinajstić information content (AvgIpc) is 2.87. The number of nitrogens with zero attached hydrogens (tertiary/aromatic N) is 1. The van der Waals surface area contributed by atoms with Crippen molar-refractivity contribution in [3.05, 3.63) is 40.2 Å². The number of nitrogens with one attached hydrogen (secondary N) is 1. The van der Waals surface area contributed by atoms with Crippen LogP contribution in [0.1, 0.15) is 31.2 Å². The quantitative estimate of drug-likeness (QED) is 0.747. The van der Waals surface area contributed by atoms with Gasteiger partial charge in [0.2, 0.25) is 10.0 Å². The first-order chi connectivity index (χ1) is 12.7. The van der Waals surface area contributed by atoms with Crippen LogP contribution in [0.4, 0.5) is 5.69 Å². The lowest BCUT2D eigenvalue weighted by molar-refractivity contribution is 0.423. The average molecular weight is 449 g/mol. The molecule has 10 heteroatoms. The second kappa shape index (κ2) is 8.08. The van der Waals surface area contributed by atoms with Crippen LogP contribution < -0.4 is 4.72 Å². The van der Waals surface area contributed by atoms with Crippen molar-refractivity contribution in [2.75, 3.05) is 17.8 Å². The van der Waals surface area contributed by atoms with E-state index in [-0.39, 0.29) is 14.8 Å². The Morgan fingerprint density at radius 1 is 1.00 bits per heavy atom. The number of sulfonamides is 2. The fourth-order valence-electron chi connectivity index (χ4n) is 3.01. The maximum Gasteiger partial charge on any atom is 0.271 e. The van der Waals surface area contributed by atoms with E-state index >= 15 is 0 Å². The molecular formula is C17H21ClN2O4S3. The molecule has 0 aliphatic carbocycles. The Kier molecular flexibility index (Phi) is 6.17. The lowest BCUT2D eigenvalue weighted by Crippen LogP contribution is -2.32. The van der Waals surface area contributed by atoms with Gasteiger partial charge in [-0.1, -0.05) is 30.5 Å². The van der Waals surface area contributed by atoms with Gasteiger partial charge in [-0.05, 0) is 49.6 Å². The van der Waals surface area contributed by atoms with E-state index in [4.69, 9.17) is 11.6 Å². The van der Waals surface area contributed by atoms with Crippen molar-refractivity contribution in [1.82, 2.24) is 4.31 Å². The van der Waals surface area contributed by atoms with Crippen LogP contribution in [0.15, 0.2) is 39.4 Å². The monoisotopic (exact) mass is 448 g/mol. The van der Waals surface area contributed by atoms with Gasteiger partial charge in [-0.25, -0.2) is 16.8 Å². The van der Waals surface area contributed by atoms with Crippen molar-refractivity contribution >= 4 is 48.7 Å². The molecule has 0 atom stereocenters. The Balaban J connectivity index is 1.92. The highest BCUT2D eigenvalue weighted by Gasteiger charge is 2.27. The fraction of sp³-hybridized carbons (Fsp3) is 0.412. The van der Waals surface area contributed by atoms with Crippen molar-refractivity contribution in [3.63, 3.8) is 0 Å². The van der Waals surface area contributed by atoms with Gasteiger partial charge in [0.1, 0.15) is 4.21 Å². The number of thiophene rings is 1. The van der Waals surface area contributed by atoms with E-state index in [1.54, 1.807) is 19.1 Å². The van der Waals surface area contributed by atoms with Crippen molar-refractivity contribution in [1.29, 1.82) is 0 Å². The minimum Gasteiger partial charge on any atom is -0.279 e. The Labute approximate surface area is 169 Å². The van der Waals surface area contributed by atoms with Crippen molar-refractivity contribution < 1.29 is 16.8 Å². The molecule has 0 bridgehead atoms. The van der Waals surface area contributed by atoms with Gasteiger partial charge in [0.15, 0.2) is 0 Å². The van der Waals surface area contributed by atoms with Gasteiger partial charge in [0.25, 0.3) is 10.0 Å². The second-order valence-corrected chi connectivity index (χ2v) is 12.0. The van der Waals surface area contributed by atoms with Gasteiger partial charge in [-0.15, -0.1) is 11.3 Å². The molecule has 1 fully saturated rings. The molecule has 2 heterocycles. The predicted octanol–water partition coefficient (Wildman–Crippen LogP) is 4.08. The zero-order valence-corrected chi connectivity index (χ0v) is 18.0. The third-order valence-electron chi connectivity index (χ3n) is 4.44. The summed E-state index contributed by atoms with van der Waals surface area (Å²) in [6, 6.07) is 7.49. The van der Waals surface area contributed by atoms with E-state index in [2.05, 4.69) is 4.72 Å². The Bertz CT molecular complexity index is 1020. The van der Waals surface area contributed by atoms with E-state index in [0.29, 0.717) is 23.0 Å². The summed E-state index contributed by atoms with van der Waals surface area (Å²) < 4.78 is 55.5. The van der Waals surface area contributed by atoms with Gasteiger partial charge in [0, 0.05) is 13.1 Å². The number of hydrogen-bond donors (Lipinski definition) is 1. The van der Waals surface area contributed by atoms with E-state index < -0.39 is 20.0 Å². The van der Waals surface area contributed by atoms with Crippen LogP contribution in [0.25, 0.3) is 0 Å². The molecule has 6 nitrogen and oxygen atoms in total. The molecule has 148 valence electrons. The van der Waals surface area contributed by atoms with Gasteiger partial charge in [-0.2, -0.15) is 4.31 Å². The molecule has 1 saturated heterocycles. The summed E-state index contributed by atoms with van der Waals surface area (Å²) >= 11 is 6.76. The first-order valence-electron chi connectivity index (χ1n) is 8.59. The molecule has 0 unspecified atom stereocenters. The van der Waals surface area contributed by atoms with Crippen LogP contribution in [0, 0.1) is 6.92 Å². The maximum absolute atomic E-state index is 13.1. The Morgan fingerprint density at radius 3 is 2.26 bits per heavy atom. The SMILES string of the molecule is Cc1ccc(NS(=O)(=O)c2ccc(Cl)s2)cc1S(=O)(=O)N1CCCCCC1. The van der Waals surface area contributed by atoms with Crippen LogP contribution in [-0.2, 0) is 20.0 Å². The fourth-order valence-corrected chi connectivity index (χ4v) is 7.31. The molecule has 0 amide bonds. The van der Waals surface area contributed by atoms with Crippen LogP contribution in [0.2, 0.25) is 4.34 Å². The lowest BCUT2D eigenvalue weighted by atomic mass is 10.2. The summed E-state index contributed by atoms with van der Waals surface area (Å²) in [5, 5.41) is 0. The molecule has 3 rings (SSSR count). The zero-order valence-electron chi connectivity index (χ0n) is 14.8. The highest BCUT2D eigenvalue weighted by atomic mass is 35.5. The summed E-state index contributed by atoms with van der Waals surface area (Å²) in [6.45, 7) is 2.69. The first-order valence-corrected chi connectivity index (χ1v) is 12.7. The van der Waals surface area contributed by atoms with Crippen molar-refractivity contribution in [2.24, 2.45) is 0 Å². The van der Waals surface area contributed by atoms with Crippen LogP contribution in [0.3, 0.4) is 0 Å². The molecule has 1 aromatic heterocycles. The number of benzene rings is 1. The molecule has 27 heavy (non-hydrogen) atoms. The number of aryl methyl sites for hydroxylation is 1. The van der Waals surface area contributed by atoms with E-state index in [1.165, 1.54) is 22.5 Å². The second-order valence-electron chi connectivity index (χ2n) is 6.46. The molecule has 2 aromatic rings. The molecule has 1 aromatic carbocycles. The third kappa shape index (κ3) is 4.65. The van der Waals surface area contributed by atoms with Crippen molar-refractivity contribution in [2.45, 2.75) is 41.7 Å². The molecule has 1 N–H and O–H groups in total. The number of anilines is 1.